The molecule has 246 valence electrons. The minimum Gasteiger partial charge on any atom is -0.489 e. The standard InChI is InChI=1S/C34H36ClF2N7O2S/c1-42-11-3-4-22(42)23-10-12-43(2)21(17-5-6-17)9-13-44-14-15-45-30-26-29(40-34(46-23)41-33(26)44)28(37)25(27(30)35)18-7-8-20(36)31-24(18)19(16-38)32(39)47-31/h7-8,17,21-23H,3-6,9-15,39H2,1-2H3/t21?,22-,23?/m0/s1. The third kappa shape index (κ3) is 5.14. The number of hydrogen-bond donors (Lipinski definition) is 1. The third-order valence-corrected chi connectivity index (χ3v) is 11.9. The Bertz CT molecular complexity index is 1950. The van der Waals surface area contributed by atoms with Crippen molar-refractivity contribution in [2.45, 2.75) is 56.7 Å². The maximum atomic E-state index is 17.2. The van der Waals surface area contributed by atoms with Crippen LogP contribution >= 0.6 is 22.9 Å². The van der Waals surface area contributed by atoms with Crippen molar-refractivity contribution in [2.24, 2.45) is 5.92 Å². The highest BCUT2D eigenvalue weighted by Crippen LogP contribution is 2.51. The van der Waals surface area contributed by atoms with Crippen LogP contribution in [0.2, 0.25) is 5.02 Å². The summed E-state index contributed by atoms with van der Waals surface area (Å²) in [6, 6.07) is 5.46. The van der Waals surface area contributed by atoms with Gasteiger partial charge in [-0.2, -0.15) is 15.2 Å². The highest BCUT2D eigenvalue weighted by molar-refractivity contribution is 7.23. The predicted molar refractivity (Wildman–Crippen MR) is 181 cm³/mol. The quantitative estimate of drug-likeness (QED) is 0.262. The second-order valence-electron chi connectivity index (χ2n) is 13.3. The number of fused-ring (bicyclic) bond motifs is 2. The number of benzene rings is 2. The summed E-state index contributed by atoms with van der Waals surface area (Å²) in [4.78, 5) is 16.7. The van der Waals surface area contributed by atoms with Gasteiger partial charge in [0.25, 0.3) is 0 Å². The van der Waals surface area contributed by atoms with Crippen molar-refractivity contribution in [3.8, 4) is 29.0 Å². The molecule has 2 N–H and O–H groups in total. The normalized spacial score (nSPS) is 24.1. The van der Waals surface area contributed by atoms with Crippen LogP contribution in [0.3, 0.4) is 0 Å². The van der Waals surface area contributed by atoms with Crippen molar-refractivity contribution < 1.29 is 18.3 Å². The van der Waals surface area contributed by atoms with Gasteiger partial charge in [0.2, 0.25) is 0 Å². The van der Waals surface area contributed by atoms with E-state index in [9.17, 15) is 9.65 Å². The fourth-order valence-corrected chi connectivity index (χ4v) is 9.21. The first-order valence-corrected chi connectivity index (χ1v) is 17.5. The first-order valence-electron chi connectivity index (χ1n) is 16.3. The Morgan fingerprint density at radius 3 is 2.55 bits per heavy atom. The topological polar surface area (TPSA) is 104 Å². The Morgan fingerprint density at radius 2 is 1.81 bits per heavy atom. The number of anilines is 2. The molecule has 13 heteroatoms. The largest absolute Gasteiger partial charge is 0.489 e. The first kappa shape index (κ1) is 30.8. The van der Waals surface area contributed by atoms with Crippen molar-refractivity contribution >= 4 is 54.7 Å². The SMILES string of the molecule is CN1CCC([C@@H]2CCCN2C)Oc2nc3c4c(c(Cl)c(-c5ccc(F)c6sc(N)c(C#N)c56)c(F)c4n2)OCCN3CCC1C1CC1. The first-order chi connectivity index (χ1) is 22.7. The zero-order valence-electron chi connectivity index (χ0n) is 26.4. The molecule has 1 aliphatic carbocycles. The minimum atomic E-state index is -0.716. The summed E-state index contributed by atoms with van der Waals surface area (Å²) in [5, 5.41) is 10.7. The Kier molecular flexibility index (Phi) is 7.79. The molecule has 2 bridgehead atoms. The molecule has 3 aliphatic heterocycles. The molecule has 1 saturated carbocycles. The molecular weight excluding hydrogens is 644 g/mol. The zero-order chi connectivity index (χ0) is 32.6. The fourth-order valence-electron chi connectivity index (χ4n) is 7.93. The number of nitrogens with zero attached hydrogens (tertiary/aromatic N) is 6. The smallest absolute Gasteiger partial charge is 0.319 e. The number of nitrogens with two attached hydrogens (primary N) is 1. The van der Waals surface area contributed by atoms with Crippen molar-refractivity contribution in [1.29, 1.82) is 5.26 Å². The average Bonchev–Trinajstić information content (AvgIpc) is 3.74. The van der Waals surface area contributed by atoms with Gasteiger partial charge in [0.05, 0.1) is 27.2 Å². The van der Waals surface area contributed by atoms with Gasteiger partial charge in [-0.15, -0.1) is 11.3 Å². The van der Waals surface area contributed by atoms with Gasteiger partial charge in [-0.3, -0.25) is 4.90 Å². The number of likely N-dealkylation sites (N-methyl/N-ethyl adjacent to an activating group) is 1. The predicted octanol–water partition coefficient (Wildman–Crippen LogP) is 6.44. The number of nitriles is 1. The second-order valence-corrected chi connectivity index (χ2v) is 14.7. The Labute approximate surface area is 280 Å². The number of thiophene rings is 1. The Morgan fingerprint density at radius 1 is 1.00 bits per heavy atom. The summed E-state index contributed by atoms with van der Waals surface area (Å²) in [5.74, 6) is 0.189. The summed E-state index contributed by atoms with van der Waals surface area (Å²) in [6.45, 7) is 3.38. The summed E-state index contributed by atoms with van der Waals surface area (Å²) in [6.07, 6.45) is 6.09. The molecule has 2 fully saturated rings. The van der Waals surface area contributed by atoms with Crippen molar-refractivity contribution in [3.05, 3.63) is 34.4 Å². The third-order valence-electron chi connectivity index (χ3n) is 10.5. The van der Waals surface area contributed by atoms with E-state index < -0.39 is 11.6 Å². The number of nitrogen functional groups attached to an aromatic ring is 1. The van der Waals surface area contributed by atoms with Crippen molar-refractivity contribution in [3.63, 3.8) is 0 Å². The van der Waals surface area contributed by atoms with Gasteiger partial charge >= 0.3 is 6.01 Å². The van der Waals surface area contributed by atoms with Gasteiger partial charge in [-0.05, 0) is 76.7 Å². The summed E-state index contributed by atoms with van der Waals surface area (Å²) >= 11 is 8.01. The monoisotopic (exact) mass is 679 g/mol. The van der Waals surface area contributed by atoms with E-state index in [1.54, 1.807) is 0 Å². The van der Waals surface area contributed by atoms with E-state index in [4.69, 9.17) is 36.8 Å². The second kappa shape index (κ2) is 11.9. The molecule has 2 unspecified atom stereocenters. The lowest BCUT2D eigenvalue weighted by atomic mass is 9.96. The highest BCUT2D eigenvalue weighted by atomic mass is 35.5. The zero-order valence-corrected chi connectivity index (χ0v) is 27.9. The van der Waals surface area contributed by atoms with E-state index in [1.165, 1.54) is 25.0 Å². The number of likely N-dealkylation sites (tertiary alicyclic amines) is 1. The number of aromatic nitrogens is 2. The fraction of sp³-hybridized carbons (Fsp3) is 0.500. The maximum absolute atomic E-state index is 17.2. The van der Waals surface area contributed by atoms with Crippen LogP contribution in [0.1, 0.15) is 44.1 Å². The Hall–Kier alpha value is -3.50. The molecule has 4 aromatic rings. The molecule has 8 rings (SSSR count). The molecule has 2 aromatic heterocycles. The van der Waals surface area contributed by atoms with Gasteiger partial charge in [0.15, 0.2) is 11.6 Å². The maximum Gasteiger partial charge on any atom is 0.319 e. The minimum absolute atomic E-state index is 0.0110. The van der Waals surface area contributed by atoms with E-state index in [1.807, 2.05) is 0 Å². The van der Waals surface area contributed by atoms with Crippen molar-refractivity contribution in [2.75, 3.05) is 57.5 Å². The number of hydrogen-bond acceptors (Lipinski definition) is 10. The van der Waals surface area contributed by atoms with Crippen LogP contribution in [0.25, 0.3) is 32.1 Å². The van der Waals surface area contributed by atoms with Gasteiger partial charge in [0.1, 0.15) is 40.9 Å². The number of ether oxygens (including phenoxy) is 2. The Balaban J connectivity index is 1.36. The molecule has 9 nitrogen and oxygen atoms in total. The van der Waals surface area contributed by atoms with Crippen LogP contribution in [-0.2, 0) is 0 Å². The van der Waals surface area contributed by atoms with Gasteiger partial charge in [-0.1, -0.05) is 17.7 Å². The molecule has 0 amide bonds. The summed E-state index contributed by atoms with van der Waals surface area (Å²) in [7, 11) is 4.35. The van der Waals surface area contributed by atoms with Crippen LogP contribution in [0.15, 0.2) is 12.1 Å². The number of halogens is 3. The lowest BCUT2D eigenvalue weighted by Crippen LogP contribution is -2.45. The molecule has 0 radical (unpaired) electrons. The van der Waals surface area contributed by atoms with E-state index in [0.717, 1.165) is 50.1 Å². The van der Waals surface area contributed by atoms with Gasteiger partial charge in [0, 0.05) is 36.1 Å². The van der Waals surface area contributed by atoms with Gasteiger partial charge < -0.3 is 25.0 Å². The molecule has 47 heavy (non-hydrogen) atoms. The lowest BCUT2D eigenvalue weighted by Gasteiger charge is -2.35. The lowest BCUT2D eigenvalue weighted by molar-refractivity contribution is 0.0746. The summed E-state index contributed by atoms with van der Waals surface area (Å²) in [5.41, 5.74) is 6.43. The van der Waals surface area contributed by atoms with Crippen LogP contribution in [0.5, 0.6) is 11.8 Å². The van der Waals surface area contributed by atoms with Crippen LogP contribution in [-0.4, -0.2) is 84.8 Å². The van der Waals surface area contributed by atoms with E-state index in [-0.39, 0.29) is 66.2 Å². The summed E-state index contributed by atoms with van der Waals surface area (Å²) < 4.78 is 45.3. The average molecular weight is 680 g/mol. The highest BCUT2D eigenvalue weighted by Gasteiger charge is 2.38. The van der Waals surface area contributed by atoms with E-state index in [0.29, 0.717) is 42.9 Å². The van der Waals surface area contributed by atoms with E-state index in [2.05, 4.69) is 34.9 Å². The molecule has 3 atom stereocenters. The number of rotatable bonds is 3. The molecule has 2 aromatic carbocycles. The van der Waals surface area contributed by atoms with Crippen molar-refractivity contribution in [1.82, 2.24) is 19.8 Å². The van der Waals surface area contributed by atoms with E-state index >= 15 is 4.39 Å². The molecule has 0 spiro atoms. The van der Waals surface area contributed by atoms with Gasteiger partial charge in [-0.25, -0.2) is 8.78 Å². The van der Waals surface area contributed by atoms with Crippen LogP contribution in [0.4, 0.5) is 19.6 Å². The van der Waals surface area contributed by atoms with Crippen LogP contribution < -0.4 is 20.1 Å². The molecular formula is C34H36ClF2N7O2S. The van der Waals surface area contributed by atoms with Crippen LogP contribution in [0, 0.1) is 28.9 Å². The molecule has 5 heterocycles. The molecule has 1 saturated heterocycles. The molecule has 4 aliphatic rings.